The molecule has 0 saturated carbocycles. The number of anilines is 1. The molecule has 2 aromatic carbocycles. The van der Waals surface area contributed by atoms with Gasteiger partial charge in [-0.2, -0.15) is 0 Å². The van der Waals surface area contributed by atoms with Gasteiger partial charge in [0.1, 0.15) is 18.9 Å². The van der Waals surface area contributed by atoms with Crippen LogP contribution in [0.2, 0.25) is 0 Å². The number of sulfonamides is 1. The average Bonchev–Trinajstić information content (AvgIpc) is 2.63. The van der Waals surface area contributed by atoms with Gasteiger partial charge in [-0.1, -0.05) is 39.0 Å². The molecule has 8 heteroatoms. The van der Waals surface area contributed by atoms with Crippen molar-refractivity contribution >= 4 is 44.2 Å². The molecule has 0 unspecified atom stereocenters. The highest BCUT2D eigenvalue weighted by Crippen LogP contribution is 2.30. The maximum atomic E-state index is 12.3. The number of carbonyl (C=O) groups is 1. The molecular formula is C21H27IN2O4S. The molecule has 0 aliphatic carbocycles. The van der Waals surface area contributed by atoms with Crippen LogP contribution in [0.25, 0.3) is 0 Å². The Morgan fingerprint density at radius 2 is 1.72 bits per heavy atom. The van der Waals surface area contributed by atoms with Crippen LogP contribution >= 0.6 is 22.6 Å². The number of ether oxygens (including phenoxy) is 1. The third-order valence-corrected chi connectivity index (χ3v) is 6.04. The number of hydrogen-bond acceptors (Lipinski definition) is 4. The quantitative estimate of drug-likeness (QED) is 0.419. The van der Waals surface area contributed by atoms with Gasteiger partial charge in [0.15, 0.2) is 0 Å². The number of para-hydroxylation sites is 1. The summed E-state index contributed by atoms with van der Waals surface area (Å²) in [5.74, 6) is 0.396. The second-order valence-electron chi connectivity index (χ2n) is 7.69. The molecule has 6 nitrogen and oxygen atoms in total. The second-order valence-corrected chi connectivity index (χ2v) is 10.8. The number of halogens is 1. The summed E-state index contributed by atoms with van der Waals surface area (Å²) in [5.41, 5.74) is 1.50. The van der Waals surface area contributed by atoms with Crippen LogP contribution in [0.1, 0.15) is 26.3 Å². The smallest absolute Gasteiger partial charge is 0.240 e. The monoisotopic (exact) mass is 530 g/mol. The number of hydrogen-bond donors (Lipinski definition) is 1. The molecule has 0 aliphatic heterocycles. The molecule has 0 aliphatic rings. The topological polar surface area (TPSA) is 75.7 Å². The van der Waals surface area contributed by atoms with Crippen molar-refractivity contribution in [1.82, 2.24) is 5.32 Å². The molecule has 0 bridgehead atoms. The van der Waals surface area contributed by atoms with Crippen molar-refractivity contribution in [2.75, 3.05) is 30.3 Å². The van der Waals surface area contributed by atoms with E-state index in [2.05, 4.69) is 48.7 Å². The molecule has 1 N–H and O–H groups in total. The highest BCUT2D eigenvalue weighted by atomic mass is 127. The number of nitrogens with one attached hydrogen (secondary N) is 1. The molecule has 158 valence electrons. The Bertz CT molecular complexity index is 938. The van der Waals surface area contributed by atoms with Crippen molar-refractivity contribution in [2.45, 2.75) is 26.2 Å². The average molecular weight is 530 g/mol. The lowest BCUT2D eigenvalue weighted by Crippen LogP contribution is -2.41. The molecule has 0 spiro atoms. The molecule has 0 heterocycles. The summed E-state index contributed by atoms with van der Waals surface area (Å²) in [5, 5.41) is 2.72. The number of nitrogens with zero attached hydrogens (tertiary/aromatic N) is 1. The van der Waals surface area contributed by atoms with Crippen molar-refractivity contribution in [2.24, 2.45) is 0 Å². The van der Waals surface area contributed by atoms with Crippen LogP contribution in [0, 0.1) is 3.57 Å². The normalized spacial score (nSPS) is 11.8. The van der Waals surface area contributed by atoms with Crippen molar-refractivity contribution in [3.05, 3.63) is 57.7 Å². The SMILES string of the molecule is CC(C)(C)c1ccccc1OCCNC(=O)CN(c1ccc(I)cc1)S(C)(=O)=O. The Hall–Kier alpha value is -1.81. The van der Waals surface area contributed by atoms with Gasteiger partial charge >= 0.3 is 0 Å². The lowest BCUT2D eigenvalue weighted by atomic mass is 9.86. The zero-order chi connectivity index (χ0) is 21.7. The highest BCUT2D eigenvalue weighted by molar-refractivity contribution is 14.1. The number of amides is 1. The van der Waals surface area contributed by atoms with Crippen LogP contribution < -0.4 is 14.4 Å². The summed E-state index contributed by atoms with van der Waals surface area (Å²) in [6, 6.07) is 14.8. The first-order chi connectivity index (χ1) is 13.5. The summed E-state index contributed by atoms with van der Waals surface area (Å²) < 4.78 is 32.1. The largest absolute Gasteiger partial charge is 0.491 e. The van der Waals surface area contributed by atoms with E-state index in [-0.39, 0.29) is 24.4 Å². The van der Waals surface area contributed by atoms with Gasteiger partial charge in [0.2, 0.25) is 15.9 Å². The van der Waals surface area contributed by atoms with Crippen LogP contribution in [-0.4, -0.2) is 40.3 Å². The van der Waals surface area contributed by atoms with E-state index in [0.29, 0.717) is 12.3 Å². The Morgan fingerprint density at radius 3 is 2.31 bits per heavy atom. The van der Waals surface area contributed by atoms with Crippen LogP contribution in [-0.2, 0) is 20.2 Å². The van der Waals surface area contributed by atoms with Gasteiger partial charge in [-0.25, -0.2) is 8.42 Å². The number of carbonyl (C=O) groups excluding carboxylic acids is 1. The number of rotatable bonds is 8. The number of benzene rings is 2. The summed E-state index contributed by atoms with van der Waals surface area (Å²) in [4.78, 5) is 12.3. The van der Waals surface area contributed by atoms with Gasteiger partial charge in [0.05, 0.1) is 18.5 Å². The predicted octanol–water partition coefficient (Wildman–Crippen LogP) is 3.55. The minimum absolute atomic E-state index is 0.0523. The Balaban J connectivity index is 1.93. The van der Waals surface area contributed by atoms with E-state index in [1.807, 2.05) is 24.3 Å². The Morgan fingerprint density at radius 1 is 1.10 bits per heavy atom. The Kier molecular flexibility index (Phi) is 7.93. The van der Waals surface area contributed by atoms with Crippen LogP contribution in [0.3, 0.4) is 0 Å². The highest BCUT2D eigenvalue weighted by Gasteiger charge is 2.21. The van der Waals surface area contributed by atoms with Gasteiger partial charge in [-0.15, -0.1) is 0 Å². The molecule has 0 saturated heterocycles. The third kappa shape index (κ3) is 7.18. The fourth-order valence-corrected chi connectivity index (χ4v) is 3.97. The molecule has 2 aromatic rings. The third-order valence-electron chi connectivity index (χ3n) is 4.18. The first-order valence-corrected chi connectivity index (χ1v) is 12.1. The standard InChI is InChI=1S/C21H27IN2O4S/c1-21(2,3)18-7-5-6-8-19(18)28-14-13-23-20(25)15-24(29(4,26)27)17-11-9-16(22)10-12-17/h5-12H,13-15H2,1-4H3,(H,23,25). The van der Waals surface area contributed by atoms with E-state index < -0.39 is 10.0 Å². The Labute approximate surface area is 186 Å². The molecule has 0 aromatic heterocycles. The van der Waals surface area contributed by atoms with E-state index >= 15 is 0 Å². The molecule has 0 fully saturated rings. The molecule has 0 radical (unpaired) electrons. The fourth-order valence-electron chi connectivity index (χ4n) is 2.76. The molecule has 0 atom stereocenters. The van der Waals surface area contributed by atoms with Gasteiger partial charge in [-0.3, -0.25) is 9.10 Å². The maximum Gasteiger partial charge on any atom is 0.240 e. The molecule has 2 rings (SSSR count). The van der Waals surface area contributed by atoms with E-state index in [4.69, 9.17) is 4.74 Å². The molecular weight excluding hydrogens is 503 g/mol. The summed E-state index contributed by atoms with van der Waals surface area (Å²) >= 11 is 2.14. The van der Waals surface area contributed by atoms with Gasteiger partial charge in [-0.05, 0) is 63.9 Å². The predicted molar refractivity (Wildman–Crippen MR) is 125 cm³/mol. The zero-order valence-electron chi connectivity index (χ0n) is 17.1. The van der Waals surface area contributed by atoms with E-state index in [1.54, 1.807) is 24.3 Å². The van der Waals surface area contributed by atoms with Crippen molar-refractivity contribution in [1.29, 1.82) is 0 Å². The van der Waals surface area contributed by atoms with Crippen molar-refractivity contribution in [3.8, 4) is 5.75 Å². The maximum absolute atomic E-state index is 12.3. The summed E-state index contributed by atoms with van der Waals surface area (Å²) in [7, 11) is -3.58. The lowest BCUT2D eigenvalue weighted by molar-refractivity contribution is -0.119. The zero-order valence-corrected chi connectivity index (χ0v) is 20.1. The van der Waals surface area contributed by atoms with Gasteiger partial charge in [0, 0.05) is 3.57 Å². The van der Waals surface area contributed by atoms with E-state index in [9.17, 15) is 13.2 Å². The van der Waals surface area contributed by atoms with Crippen molar-refractivity contribution < 1.29 is 17.9 Å². The van der Waals surface area contributed by atoms with Gasteiger partial charge < -0.3 is 10.1 Å². The van der Waals surface area contributed by atoms with Crippen LogP contribution in [0.4, 0.5) is 5.69 Å². The minimum Gasteiger partial charge on any atom is -0.491 e. The lowest BCUT2D eigenvalue weighted by Gasteiger charge is -2.23. The second kappa shape index (κ2) is 9.80. The first-order valence-electron chi connectivity index (χ1n) is 9.21. The van der Waals surface area contributed by atoms with Crippen LogP contribution in [0.5, 0.6) is 5.75 Å². The molecule has 29 heavy (non-hydrogen) atoms. The summed E-state index contributed by atoms with van der Waals surface area (Å²) in [6.07, 6.45) is 1.09. The van der Waals surface area contributed by atoms with E-state index in [0.717, 1.165) is 25.4 Å². The summed E-state index contributed by atoms with van der Waals surface area (Å²) in [6.45, 7) is 6.63. The fraction of sp³-hybridized carbons (Fsp3) is 0.381. The van der Waals surface area contributed by atoms with Gasteiger partial charge in [0.25, 0.3) is 0 Å². The molecule has 1 amide bonds. The van der Waals surface area contributed by atoms with Crippen molar-refractivity contribution in [3.63, 3.8) is 0 Å². The van der Waals surface area contributed by atoms with Crippen LogP contribution in [0.15, 0.2) is 48.5 Å². The minimum atomic E-state index is -3.58. The first kappa shape index (κ1) is 23.5. The van der Waals surface area contributed by atoms with E-state index in [1.165, 1.54) is 0 Å².